The number of hydrogen-bond acceptors (Lipinski definition) is 3. The summed E-state index contributed by atoms with van der Waals surface area (Å²) in [5, 5.41) is 14.0. The third-order valence-electron chi connectivity index (χ3n) is 3.96. The van der Waals surface area contributed by atoms with Crippen LogP contribution in [0.25, 0.3) is 5.69 Å². The van der Waals surface area contributed by atoms with Gasteiger partial charge in [-0.1, -0.05) is 12.1 Å². The van der Waals surface area contributed by atoms with Crippen molar-refractivity contribution in [3.05, 3.63) is 84.2 Å². The molecule has 0 aliphatic heterocycles. The van der Waals surface area contributed by atoms with Crippen molar-refractivity contribution in [1.29, 1.82) is 5.26 Å². The molecule has 6 heteroatoms. The van der Waals surface area contributed by atoms with E-state index in [0.717, 1.165) is 11.3 Å². The molecule has 3 aromatic rings. The summed E-state index contributed by atoms with van der Waals surface area (Å²) < 4.78 is 1.97. The van der Waals surface area contributed by atoms with Crippen LogP contribution in [0.1, 0.15) is 22.3 Å². The Bertz CT molecular complexity index is 953. The first-order valence-corrected chi connectivity index (χ1v) is 8.43. The number of rotatable bonds is 6. The topological polar surface area (TPSA) is 86.9 Å². The van der Waals surface area contributed by atoms with Crippen molar-refractivity contribution in [3.8, 4) is 11.8 Å². The second kappa shape index (κ2) is 8.50. The Morgan fingerprint density at radius 2 is 1.63 bits per heavy atom. The molecule has 0 aliphatic carbocycles. The average molecular weight is 358 g/mol. The molecule has 2 N–H and O–H groups in total. The number of nitrogens with zero attached hydrogens (tertiary/aromatic N) is 2. The third-order valence-corrected chi connectivity index (χ3v) is 3.96. The molecular formula is C21H18N4O2. The highest BCUT2D eigenvalue weighted by molar-refractivity contribution is 5.94. The SMILES string of the molecule is N#CCC(=O)Nc1ccc(CNC(=O)c2ccc(-n3cccc3)cc2)cc1. The van der Waals surface area contributed by atoms with E-state index in [-0.39, 0.29) is 18.2 Å². The summed E-state index contributed by atoms with van der Waals surface area (Å²) in [5.74, 6) is -0.498. The molecular weight excluding hydrogens is 340 g/mol. The van der Waals surface area contributed by atoms with E-state index in [4.69, 9.17) is 5.26 Å². The number of nitriles is 1. The minimum absolute atomic E-state index is 0.152. The van der Waals surface area contributed by atoms with Crippen LogP contribution in [0.15, 0.2) is 73.1 Å². The van der Waals surface area contributed by atoms with Gasteiger partial charge in [0.2, 0.25) is 5.91 Å². The smallest absolute Gasteiger partial charge is 0.251 e. The largest absolute Gasteiger partial charge is 0.348 e. The monoisotopic (exact) mass is 358 g/mol. The molecule has 2 amide bonds. The van der Waals surface area contributed by atoms with Crippen LogP contribution in [0.3, 0.4) is 0 Å². The molecule has 0 unspecified atom stereocenters. The van der Waals surface area contributed by atoms with Crippen LogP contribution in [0.5, 0.6) is 0 Å². The Labute approximate surface area is 157 Å². The summed E-state index contributed by atoms with van der Waals surface area (Å²) in [6.07, 6.45) is 3.71. The molecule has 0 atom stereocenters. The summed E-state index contributed by atoms with van der Waals surface area (Å²) in [6.45, 7) is 0.380. The first-order valence-electron chi connectivity index (χ1n) is 8.43. The molecule has 134 valence electrons. The van der Waals surface area contributed by atoms with Gasteiger partial charge in [-0.15, -0.1) is 0 Å². The number of aromatic nitrogens is 1. The first-order chi connectivity index (χ1) is 13.2. The van der Waals surface area contributed by atoms with Crippen molar-refractivity contribution in [1.82, 2.24) is 9.88 Å². The van der Waals surface area contributed by atoms with E-state index in [0.29, 0.717) is 17.8 Å². The lowest BCUT2D eigenvalue weighted by molar-refractivity contribution is -0.115. The van der Waals surface area contributed by atoms with Crippen molar-refractivity contribution in [2.75, 3.05) is 5.32 Å². The molecule has 6 nitrogen and oxygen atoms in total. The zero-order valence-electron chi connectivity index (χ0n) is 14.6. The summed E-state index contributed by atoms with van der Waals surface area (Å²) in [4.78, 5) is 23.7. The van der Waals surface area contributed by atoms with E-state index < -0.39 is 0 Å². The fourth-order valence-corrected chi connectivity index (χ4v) is 2.56. The average Bonchev–Trinajstić information content (AvgIpc) is 3.22. The number of nitrogens with one attached hydrogen (secondary N) is 2. The van der Waals surface area contributed by atoms with Gasteiger partial charge in [-0.25, -0.2) is 0 Å². The quantitative estimate of drug-likeness (QED) is 0.709. The Balaban J connectivity index is 1.54. The van der Waals surface area contributed by atoms with Crippen LogP contribution in [0, 0.1) is 11.3 Å². The highest BCUT2D eigenvalue weighted by atomic mass is 16.2. The molecule has 0 radical (unpaired) electrons. The molecule has 27 heavy (non-hydrogen) atoms. The fraction of sp³-hybridized carbons (Fsp3) is 0.0952. The van der Waals surface area contributed by atoms with Gasteiger partial charge in [-0.3, -0.25) is 9.59 Å². The number of hydrogen-bond donors (Lipinski definition) is 2. The predicted octanol–water partition coefficient (Wildman–Crippen LogP) is 3.26. The number of carbonyl (C=O) groups is 2. The van der Waals surface area contributed by atoms with Gasteiger partial charge in [-0.2, -0.15) is 5.26 Å². The Morgan fingerprint density at radius 1 is 0.963 bits per heavy atom. The Hall–Kier alpha value is -3.85. The van der Waals surface area contributed by atoms with E-state index in [1.54, 1.807) is 30.3 Å². The van der Waals surface area contributed by atoms with Gasteiger partial charge >= 0.3 is 0 Å². The van der Waals surface area contributed by atoms with E-state index in [9.17, 15) is 9.59 Å². The Morgan fingerprint density at radius 3 is 2.26 bits per heavy atom. The van der Waals surface area contributed by atoms with Gasteiger partial charge in [0, 0.05) is 35.9 Å². The van der Waals surface area contributed by atoms with Crippen LogP contribution in [0.2, 0.25) is 0 Å². The molecule has 0 aliphatic rings. The number of anilines is 1. The number of amides is 2. The van der Waals surface area contributed by atoms with E-state index in [1.807, 2.05) is 53.4 Å². The second-order valence-electron chi connectivity index (χ2n) is 5.90. The van der Waals surface area contributed by atoms with Gasteiger partial charge in [0.1, 0.15) is 6.42 Å². The summed E-state index contributed by atoms with van der Waals surface area (Å²) in [5.41, 5.74) is 3.10. The summed E-state index contributed by atoms with van der Waals surface area (Å²) >= 11 is 0. The van der Waals surface area contributed by atoms with Crippen LogP contribution in [-0.4, -0.2) is 16.4 Å². The molecule has 0 bridgehead atoms. The predicted molar refractivity (Wildman–Crippen MR) is 102 cm³/mol. The van der Waals surface area contributed by atoms with Gasteiger partial charge in [0.15, 0.2) is 0 Å². The highest BCUT2D eigenvalue weighted by Gasteiger charge is 2.06. The first kappa shape index (κ1) is 18.0. The summed E-state index contributed by atoms with van der Waals surface area (Å²) in [7, 11) is 0. The maximum absolute atomic E-state index is 12.3. The van der Waals surface area contributed by atoms with Crippen LogP contribution < -0.4 is 10.6 Å². The van der Waals surface area contributed by atoms with Crippen molar-refractivity contribution in [3.63, 3.8) is 0 Å². The molecule has 1 heterocycles. The van der Waals surface area contributed by atoms with Gasteiger partial charge < -0.3 is 15.2 Å². The van der Waals surface area contributed by atoms with E-state index >= 15 is 0 Å². The maximum atomic E-state index is 12.3. The normalized spacial score (nSPS) is 10.0. The number of benzene rings is 2. The molecule has 1 aromatic heterocycles. The van der Waals surface area contributed by atoms with Gasteiger partial charge in [0.05, 0.1) is 6.07 Å². The third kappa shape index (κ3) is 4.83. The molecule has 2 aromatic carbocycles. The molecule has 0 saturated heterocycles. The lowest BCUT2D eigenvalue weighted by atomic mass is 10.1. The zero-order valence-corrected chi connectivity index (χ0v) is 14.6. The second-order valence-corrected chi connectivity index (χ2v) is 5.90. The van der Waals surface area contributed by atoms with Crippen molar-refractivity contribution >= 4 is 17.5 Å². The van der Waals surface area contributed by atoms with E-state index in [1.165, 1.54) is 0 Å². The summed E-state index contributed by atoms with van der Waals surface area (Å²) in [6, 6.07) is 20.2. The van der Waals surface area contributed by atoms with Crippen molar-refractivity contribution in [2.45, 2.75) is 13.0 Å². The fourth-order valence-electron chi connectivity index (χ4n) is 2.56. The van der Waals surface area contributed by atoms with Crippen LogP contribution >= 0.6 is 0 Å². The Kier molecular flexibility index (Phi) is 5.65. The lowest BCUT2D eigenvalue weighted by Crippen LogP contribution is -2.22. The highest BCUT2D eigenvalue weighted by Crippen LogP contribution is 2.12. The van der Waals surface area contributed by atoms with Crippen molar-refractivity contribution < 1.29 is 9.59 Å². The lowest BCUT2D eigenvalue weighted by Gasteiger charge is -2.08. The number of carbonyl (C=O) groups excluding carboxylic acids is 2. The van der Waals surface area contributed by atoms with Crippen LogP contribution in [0.4, 0.5) is 5.69 Å². The minimum Gasteiger partial charge on any atom is -0.348 e. The van der Waals surface area contributed by atoms with Gasteiger partial charge in [-0.05, 0) is 54.1 Å². The maximum Gasteiger partial charge on any atom is 0.251 e. The molecule has 0 spiro atoms. The standard InChI is InChI=1S/C21H18N4O2/c22-12-11-20(26)24-18-7-3-16(4-8-18)15-23-21(27)17-5-9-19(10-6-17)25-13-1-2-14-25/h1-10,13-14H,11,15H2,(H,23,27)(H,24,26). The van der Waals surface area contributed by atoms with E-state index in [2.05, 4.69) is 10.6 Å². The van der Waals surface area contributed by atoms with Gasteiger partial charge in [0.25, 0.3) is 5.91 Å². The zero-order chi connectivity index (χ0) is 19.1. The van der Waals surface area contributed by atoms with Crippen molar-refractivity contribution in [2.24, 2.45) is 0 Å². The van der Waals surface area contributed by atoms with Crippen LogP contribution in [-0.2, 0) is 11.3 Å². The minimum atomic E-state index is -0.345. The molecule has 0 saturated carbocycles. The molecule has 0 fully saturated rings. The molecule has 3 rings (SSSR count).